The zero-order chi connectivity index (χ0) is 15.5. The van der Waals surface area contributed by atoms with Crippen LogP contribution in [0.25, 0.3) is 0 Å². The summed E-state index contributed by atoms with van der Waals surface area (Å²) in [5.74, 6) is -0.0570. The second-order valence-corrected chi connectivity index (χ2v) is 5.85. The van der Waals surface area contributed by atoms with Gasteiger partial charge in [-0.25, -0.2) is 0 Å². The lowest BCUT2D eigenvalue weighted by atomic mass is 10.0. The van der Waals surface area contributed by atoms with E-state index in [1.807, 2.05) is 12.1 Å². The van der Waals surface area contributed by atoms with Crippen molar-refractivity contribution in [2.45, 2.75) is 12.8 Å². The molecule has 0 saturated heterocycles. The summed E-state index contributed by atoms with van der Waals surface area (Å²) < 4.78 is 0. The fourth-order valence-electron chi connectivity index (χ4n) is 2.77. The van der Waals surface area contributed by atoms with E-state index < -0.39 is 0 Å². The molecule has 0 saturated carbocycles. The van der Waals surface area contributed by atoms with Gasteiger partial charge in [-0.1, -0.05) is 29.8 Å². The summed E-state index contributed by atoms with van der Waals surface area (Å²) in [6.45, 7) is 1.23. The Morgan fingerprint density at radius 1 is 1.27 bits per heavy atom. The summed E-state index contributed by atoms with van der Waals surface area (Å²) in [6, 6.07) is 13.4. The van der Waals surface area contributed by atoms with Crippen molar-refractivity contribution in [3.05, 3.63) is 53.1 Å². The number of anilines is 3. The minimum Gasteiger partial charge on any atom is -0.397 e. The van der Waals surface area contributed by atoms with Crippen molar-refractivity contribution < 1.29 is 4.79 Å². The van der Waals surface area contributed by atoms with Gasteiger partial charge in [-0.05, 0) is 42.7 Å². The van der Waals surface area contributed by atoms with Crippen LogP contribution in [-0.2, 0) is 11.2 Å². The van der Waals surface area contributed by atoms with Crippen LogP contribution in [0.1, 0.15) is 12.0 Å². The minimum absolute atomic E-state index is 0.0570. The summed E-state index contributed by atoms with van der Waals surface area (Å²) in [7, 11) is 0. The van der Waals surface area contributed by atoms with Crippen LogP contribution in [0.3, 0.4) is 0 Å². The molecule has 1 heterocycles. The molecule has 0 atom stereocenters. The van der Waals surface area contributed by atoms with Crippen molar-refractivity contribution in [3.8, 4) is 0 Å². The van der Waals surface area contributed by atoms with E-state index in [4.69, 9.17) is 17.3 Å². The highest BCUT2D eigenvalue weighted by Gasteiger charge is 2.18. The molecule has 0 bridgehead atoms. The Kier molecular flexibility index (Phi) is 4.20. The quantitative estimate of drug-likeness (QED) is 0.854. The molecule has 114 valence electrons. The fourth-order valence-corrected chi connectivity index (χ4v) is 2.89. The Morgan fingerprint density at radius 2 is 2.09 bits per heavy atom. The van der Waals surface area contributed by atoms with E-state index in [1.165, 1.54) is 5.56 Å². The molecule has 0 unspecified atom stereocenters. The number of nitrogen functional groups attached to an aromatic ring is 1. The molecule has 22 heavy (non-hydrogen) atoms. The third-order valence-corrected chi connectivity index (χ3v) is 4.16. The number of rotatable bonds is 3. The van der Waals surface area contributed by atoms with Crippen LogP contribution >= 0.6 is 11.6 Å². The minimum atomic E-state index is -0.0570. The predicted molar refractivity (Wildman–Crippen MR) is 91.5 cm³/mol. The average molecular weight is 316 g/mol. The molecule has 1 aliphatic heterocycles. The van der Waals surface area contributed by atoms with Crippen molar-refractivity contribution in [2.24, 2.45) is 0 Å². The van der Waals surface area contributed by atoms with E-state index in [0.717, 1.165) is 25.1 Å². The largest absolute Gasteiger partial charge is 0.397 e. The van der Waals surface area contributed by atoms with E-state index in [0.29, 0.717) is 22.9 Å². The number of hydrogen-bond donors (Lipinski definition) is 2. The number of nitrogens with two attached hydrogens (primary N) is 1. The molecule has 3 rings (SSSR count). The Balaban J connectivity index is 1.69. The van der Waals surface area contributed by atoms with Crippen LogP contribution in [0.2, 0.25) is 5.02 Å². The smallest absolute Gasteiger partial charge is 0.243 e. The van der Waals surface area contributed by atoms with Gasteiger partial charge in [0.1, 0.15) is 0 Å². The Bertz CT molecular complexity index is 702. The predicted octanol–water partition coefficient (Wildman–Crippen LogP) is 3.31. The van der Waals surface area contributed by atoms with Gasteiger partial charge < -0.3 is 16.0 Å². The van der Waals surface area contributed by atoms with Gasteiger partial charge in [0.2, 0.25) is 5.91 Å². The van der Waals surface area contributed by atoms with Gasteiger partial charge in [0.05, 0.1) is 17.3 Å². The molecule has 4 nitrogen and oxygen atoms in total. The molecule has 0 aromatic heterocycles. The SMILES string of the molecule is Nc1cc(NC(=O)CN2CCCc3ccccc32)ccc1Cl. The number of nitrogens with zero attached hydrogens (tertiary/aromatic N) is 1. The lowest BCUT2D eigenvalue weighted by molar-refractivity contribution is -0.115. The second kappa shape index (κ2) is 6.28. The number of aryl methyl sites for hydroxylation is 1. The highest BCUT2D eigenvalue weighted by atomic mass is 35.5. The van der Waals surface area contributed by atoms with Crippen molar-refractivity contribution in [1.29, 1.82) is 0 Å². The molecule has 0 spiro atoms. The number of amides is 1. The molecule has 5 heteroatoms. The van der Waals surface area contributed by atoms with Crippen LogP contribution in [-0.4, -0.2) is 19.0 Å². The van der Waals surface area contributed by atoms with Gasteiger partial charge in [-0.2, -0.15) is 0 Å². The molecule has 2 aromatic carbocycles. The summed E-state index contributed by atoms with van der Waals surface area (Å²) in [5, 5.41) is 3.36. The molecule has 0 fully saturated rings. The normalized spacial score (nSPS) is 13.6. The van der Waals surface area contributed by atoms with Crippen LogP contribution in [0.15, 0.2) is 42.5 Å². The summed E-state index contributed by atoms with van der Waals surface area (Å²) in [5.41, 5.74) is 9.33. The number of carbonyl (C=O) groups is 1. The molecule has 3 N–H and O–H groups in total. The maximum Gasteiger partial charge on any atom is 0.243 e. The molecule has 0 aliphatic carbocycles. The van der Waals surface area contributed by atoms with Crippen LogP contribution in [0.5, 0.6) is 0 Å². The topological polar surface area (TPSA) is 58.4 Å². The van der Waals surface area contributed by atoms with Crippen molar-refractivity contribution >= 4 is 34.6 Å². The van der Waals surface area contributed by atoms with Gasteiger partial charge >= 0.3 is 0 Å². The number of halogens is 1. The first-order valence-electron chi connectivity index (χ1n) is 7.31. The Morgan fingerprint density at radius 3 is 2.91 bits per heavy atom. The zero-order valence-corrected chi connectivity index (χ0v) is 12.9. The maximum atomic E-state index is 12.3. The Labute approximate surface area is 134 Å². The summed E-state index contributed by atoms with van der Waals surface area (Å²) in [6.07, 6.45) is 2.14. The van der Waals surface area contributed by atoms with E-state index in [-0.39, 0.29) is 5.91 Å². The number of fused-ring (bicyclic) bond motifs is 1. The van der Waals surface area contributed by atoms with Crippen molar-refractivity contribution in [3.63, 3.8) is 0 Å². The van der Waals surface area contributed by atoms with Crippen LogP contribution < -0.4 is 16.0 Å². The molecule has 1 amide bonds. The molecule has 0 radical (unpaired) electrons. The van der Waals surface area contributed by atoms with Crippen molar-refractivity contribution in [2.75, 3.05) is 29.0 Å². The molecular weight excluding hydrogens is 298 g/mol. The average Bonchev–Trinajstić information content (AvgIpc) is 2.51. The third kappa shape index (κ3) is 3.17. The molecular formula is C17H18ClN3O. The highest BCUT2D eigenvalue weighted by molar-refractivity contribution is 6.33. The number of benzene rings is 2. The standard InChI is InChI=1S/C17H18ClN3O/c18-14-8-7-13(10-15(14)19)20-17(22)11-21-9-3-5-12-4-1-2-6-16(12)21/h1-2,4,6-8,10H,3,5,9,11,19H2,(H,20,22). The first-order valence-corrected chi connectivity index (χ1v) is 7.69. The summed E-state index contributed by atoms with van der Waals surface area (Å²) in [4.78, 5) is 14.4. The van der Waals surface area contributed by atoms with Gasteiger partial charge in [0.15, 0.2) is 0 Å². The Hall–Kier alpha value is -2.20. The number of hydrogen-bond acceptors (Lipinski definition) is 3. The van der Waals surface area contributed by atoms with Gasteiger partial charge in [-0.3, -0.25) is 4.79 Å². The van der Waals surface area contributed by atoms with E-state index in [9.17, 15) is 4.79 Å². The number of para-hydroxylation sites is 1. The lowest BCUT2D eigenvalue weighted by Crippen LogP contribution is -2.36. The number of carbonyl (C=O) groups excluding carboxylic acids is 1. The first kappa shape index (κ1) is 14.7. The van der Waals surface area contributed by atoms with Gasteiger partial charge in [0.25, 0.3) is 0 Å². The molecule has 2 aromatic rings. The van der Waals surface area contributed by atoms with E-state index >= 15 is 0 Å². The monoisotopic (exact) mass is 315 g/mol. The van der Waals surface area contributed by atoms with Gasteiger partial charge in [0, 0.05) is 17.9 Å². The van der Waals surface area contributed by atoms with Crippen LogP contribution in [0.4, 0.5) is 17.1 Å². The first-order chi connectivity index (χ1) is 10.6. The fraction of sp³-hybridized carbons (Fsp3) is 0.235. The molecule has 1 aliphatic rings. The number of nitrogens with one attached hydrogen (secondary N) is 1. The van der Waals surface area contributed by atoms with Crippen molar-refractivity contribution in [1.82, 2.24) is 0 Å². The third-order valence-electron chi connectivity index (χ3n) is 3.82. The van der Waals surface area contributed by atoms with E-state index in [2.05, 4.69) is 22.3 Å². The highest BCUT2D eigenvalue weighted by Crippen LogP contribution is 2.26. The second-order valence-electron chi connectivity index (χ2n) is 5.44. The van der Waals surface area contributed by atoms with E-state index in [1.54, 1.807) is 18.2 Å². The van der Waals surface area contributed by atoms with Gasteiger partial charge in [-0.15, -0.1) is 0 Å². The lowest BCUT2D eigenvalue weighted by Gasteiger charge is -2.30. The summed E-state index contributed by atoms with van der Waals surface area (Å²) >= 11 is 5.88. The maximum absolute atomic E-state index is 12.3. The van der Waals surface area contributed by atoms with Crippen LogP contribution in [0, 0.1) is 0 Å². The zero-order valence-electron chi connectivity index (χ0n) is 12.2.